The van der Waals surface area contributed by atoms with E-state index in [1.54, 1.807) is 0 Å². The van der Waals surface area contributed by atoms with Crippen molar-refractivity contribution in [3.05, 3.63) is 161 Å². The van der Waals surface area contributed by atoms with E-state index in [9.17, 15) is 0 Å². The van der Waals surface area contributed by atoms with Gasteiger partial charge in [-0.1, -0.05) is 136 Å². The van der Waals surface area contributed by atoms with Crippen LogP contribution in [-0.2, 0) is 5.41 Å². The summed E-state index contributed by atoms with van der Waals surface area (Å²) in [6.07, 6.45) is 11.9. The number of rotatable bonds is 9. The van der Waals surface area contributed by atoms with E-state index in [2.05, 4.69) is 167 Å². The number of nitrogens with one attached hydrogen (secondary N) is 1. The molecule has 2 heteroatoms. The summed E-state index contributed by atoms with van der Waals surface area (Å²) in [4.78, 5) is 2.46. The zero-order valence-electron chi connectivity index (χ0n) is 28.8. The fourth-order valence-corrected chi connectivity index (χ4v) is 6.81. The summed E-state index contributed by atoms with van der Waals surface area (Å²) in [5.74, 6) is 0.254. The highest BCUT2D eigenvalue weighted by Crippen LogP contribution is 2.51. The van der Waals surface area contributed by atoms with Gasteiger partial charge in [-0.25, -0.2) is 0 Å². The monoisotopic (exact) mass is 606 g/mol. The molecule has 0 aliphatic heterocycles. The lowest BCUT2D eigenvalue weighted by atomic mass is 9.79. The molecule has 2 aliphatic carbocycles. The summed E-state index contributed by atoms with van der Waals surface area (Å²) in [5, 5.41) is 3.78. The van der Waals surface area contributed by atoms with Gasteiger partial charge in [0, 0.05) is 34.9 Å². The molecule has 1 N–H and O–H groups in total. The van der Waals surface area contributed by atoms with E-state index in [1.807, 2.05) is 19.9 Å². The van der Waals surface area contributed by atoms with Gasteiger partial charge >= 0.3 is 0 Å². The second-order valence-electron chi connectivity index (χ2n) is 13.0. The van der Waals surface area contributed by atoms with Gasteiger partial charge in [0.25, 0.3) is 0 Å². The second kappa shape index (κ2) is 14.3. The average Bonchev–Trinajstić information content (AvgIpc) is 3.29. The van der Waals surface area contributed by atoms with Gasteiger partial charge < -0.3 is 10.2 Å². The zero-order valence-corrected chi connectivity index (χ0v) is 28.8. The molecule has 0 fully saturated rings. The molecule has 2 aliphatic rings. The molecule has 2 nitrogen and oxygen atoms in total. The Kier molecular flexibility index (Phi) is 10.2. The van der Waals surface area contributed by atoms with Crippen molar-refractivity contribution in [2.45, 2.75) is 72.3 Å². The molecule has 6 rings (SSSR count). The molecule has 0 saturated carbocycles. The molecule has 4 aromatic rings. The van der Waals surface area contributed by atoms with Crippen molar-refractivity contribution in [2.75, 3.05) is 16.8 Å². The molecule has 0 spiro atoms. The summed E-state index contributed by atoms with van der Waals surface area (Å²) in [6, 6.07) is 33.9. The van der Waals surface area contributed by atoms with Crippen LogP contribution in [0.5, 0.6) is 0 Å². The summed E-state index contributed by atoms with van der Waals surface area (Å²) in [5.41, 5.74) is 14.3. The van der Waals surface area contributed by atoms with Crippen LogP contribution in [-0.4, -0.2) is 12.6 Å². The fourth-order valence-electron chi connectivity index (χ4n) is 6.81. The highest BCUT2D eigenvalue weighted by atomic mass is 15.1. The topological polar surface area (TPSA) is 15.3 Å². The largest absolute Gasteiger partial charge is 0.378 e. The Labute approximate surface area is 277 Å². The first-order valence-corrected chi connectivity index (χ1v) is 16.8. The van der Waals surface area contributed by atoms with Crippen LogP contribution in [0, 0.1) is 6.92 Å². The average molecular weight is 607 g/mol. The quantitative estimate of drug-likeness (QED) is 0.191. The van der Waals surface area contributed by atoms with E-state index in [-0.39, 0.29) is 17.4 Å². The predicted octanol–water partition coefficient (Wildman–Crippen LogP) is 12.1. The van der Waals surface area contributed by atoms with Crippen LogP contribution in [0.1, 0.15) is 76.1 Å². The Morgan fingerprint density at radius 2 is 1.50 bits per heavy atom. The highest BCUT2D eigenvalue weighted by Gasteiger charge is 2.37. The summed E-state index contributed by atoms with van der Waals surface area (Å²) in [7, 11) is 0. The molecular weight excluding hydrogens is 556 g/mol. The van der Waals surface area contributed by atoms with Gasteiger partial charge in [-0.05, 0) is 91.4 Å². The van der Waals surface area contributed by atoms with E-state index in [4.69, 9.17) is 0 Å². The summed E-state index contributed by atoms with van der Waals surface area (Å²) < 4.78 is 0. The van der Waals surface area contributed by atoms with Gasteiger partial charge in [0.2, 0.25) is 0 Å². The van der Waals surface area contributed by atoms with Crippen LogP contribution >= 0.6 is 0 Å². The fraction of sp³-hybridized carbons (Fsp3) is 0.273. The molecule has 0 saturated heterocycles. The van der Waals surface area contributed by atoms with Gasteiger partial charge in [-0.3, -0.25) is 0 Å². The normalized spacial score (nSPS) is 17.6. The number of benzene rings is 4. The third-order valence-corrected chi connectivity index (χ3v) is 9.36. The molecule has 0 radical (unpaired) electrons. The number of para-hydroxylation sites is 1. The lowest BCUT2D eigenvalue weighted by Crippen LogP contribution is -2.27. The maximum absolute atomic E-state index is 3.89. The third kappa shape index (κ3) is 6.82. The molecule has 0 aromatic heterocycles. The van der Waals surface area contributed by atoms with Crippen LogP contribution < -0.4 is 10.2 Å². The standard InChI is InChI=1S/C42H44N2.C2H6/c1-7-11-29(2)24-25-44(34-18-14-30(3)15-19-34)35-20-22-37-36-21-17-32(27-39(36)42(5,6)40(37)28-35)38-26-31(4)16-23-41(38)43-33-12-9-8-10-13-33;1-2/h7-23,26-28,38,41,43H,1,24-25H2,2-6H3;1-2H3/b29-11-;. The Morgan fingerprint density at radius 1 is 0.848 bits per heavy atom. The lowest BCUT2D eigenvalue weighted by Gasteiger charge is -2.30. The Morgan fingerprint density at radius 3 is 2.20 bits per heavy atom. The van der Waals surface area contributed by atoms with Crippen molar-refractivity contribution in [3.63, 3.8) is 0 Å². The zero-order chi connectivity index (χ0) is 32.8. The summed E-state index contributed by atoms with van der Waals surface area (Å²) in [6.45, 7) is 20.1. The van der Waals surface area contributed by atoms with Gasteiger partial charge in [0.1, 0.15) is 0 Å². The maximum atomic E-state index is 3.89. The van der Waals surface area contributed by atoms with Crippen molar-refractivity contribution in [2.24, 2.45) is 0 Å². The molecular formula is C44H50N2. The molecule has 46 heavy (non-hydrogen) atoms. The Hall–Kier alpha value is -4.56. The SMILES string of the molecule is C=C/C=C(/C)CCN(c1ccc(C)cc1)c1ccc2c(c1)C(C)(C)c1cc(C3C=C(C)C=CC3Nc3ccccc3)ccc1-2.CC. The van der Waals surface area contributed by atoms with Gasteiger partial charge in [-0.2, -0.15) is 0 Å². The van der Waals surface area contributed by atoms with Crippen molar-refractivity contribution in [1.82, 2.24) is 0 Å². The minimum Gasteiger partial charge on any atom is -0.378 e. The van der Waals surface area contributed by atoms with E-state index in [0.29, 0.717) is 0 Å². The first kappa shape index (κ1) is 32.8. The van der Waals surface area contributed by atoms with Crippen molar-refractivity contribution in [1.29, 1.82) is 0 Å². The number of anilines is 3. The minimum atomic E-state index is -0.111. The molecule has 0 heterocycles. The summed E-state index contributed by atoms with van der Waals surface area (Å²) >= 11 is 0. The van der Waals surface area contributed by atoms with E-state index in [0.717, 1.165) is 18.7 Å². The van der Waals surface area contributed by atoms with Gasteiger partial charge in [-0.15, -0.1) is 0 Å². The first-order valence-electron chi connectivity index (χ1n) is 16.8. The number of aryl methyl sites for hydroxylation is 1. The van der Waals surface area contributed by atoms with Crippen LogP contribution in [0.4, 0.5) is 17.1 Å². The van der Waals surface area contributed by atoms with E-state index in [1.165, 1.54) is 55.9 Å². The number of hydrogen-bond acceptors (Lipinski definition) is 2. The molecule has 4 aromatic carbocycles. The Balaban J connectivity index is 0.00000204. The number of fused-ring (bicyclic) bond motifs is 3. The smallest absolute Gasteiger partial charge is 0.0551 e. The Bertz CT molecular complexity index is 1750. The van der Waals surface area contributed by atoms with Crippen LogP contribution in [0.2, 0.25) is 0 Å². The van der Waals surface area contributed by atoms with Crippen LogP contribution in [0.15, 0.2) is 139 Å². The van der Waals surface area contributed by atoms with Gasteiger partial charge in [0.05, 0.1) is 6.04 Å². The third-order valence-electron chi connectivity index (χ3n) is 9.36. The molecule has 0 bridgehead atoms. The maximum Gasteiger partial charge on any atom is 0.0551 e. The van der Waals surface area contributed by atoms with Gasteiger partial charge in [0.15, 0.2) is 0 Å². The molecule has 236 valence electrons. The second-order valence-corrected chi connectivity index (χ2v) is 13.0. The first-order chi connectivity index (χ1) is 22.2. The number of nitrogens with zero attached hydrogens (tertiary/aromatic N) is 1. The lowest BCUT2D eigenvalue weighted by molar-refractivity contribution is 0.656. The van der Waals surface area contributed by atoms with Crippen molar-refractivity contribution < 1.29 is 0 Å². The van der Waals surface area contributed by atoms with Crippen LogP contribution in [0.3, 0.4) is 0 Å². The van der Waals surface area contributed by atoms with E-state index >= 15 is 0 Å². The van der Waals surface area contributed by atoms with E-state index < -0.39 is 0 Å². The van der Waals surface area contributed by atoms with Crippen molar-refractivity contribution in [3.8, 4) is 11.1 Å². The number of hydrogen-bond donors (Lipinski definition) is 1. The van der Waals surface area contributed by atoms with Crippen LogP contribution in [0.25, 0.3) is 11.1 Å². The predicted molar refractivity (Wildman–Crippen MR) is 202 cm³/mol. The van der Waals surface area contributed by atoms with Crippen molar-refractivity contribution >= 4 is 17.1 Å². The molecule has 2 unspecified atom stereocenters. The minimum absolute atomic E-state index is 0.111. The highest BCUT2D eigenvalue weighted by molar-refractivity contribution is 5.83. The number of allylic oxidation sites excluding steroid dienone is 4. The molecule has 2 atom stereocenters. The molecule has 0 amide bonds.